The van der Waals surface area contributed by atoms with Crippen LogP contribution < -0.4 is 14.8 Å². The standard InChI is InChI=1S/C24H33BrFNO2/c1-3-5-6-7-8-11-14-27-17-20-15-23(28-4-2)24(16-21(20)25)29-18-19-12-9-10-13-22(19)26/h9-10,12-13,15-16,27H,3-8,11,14,17-18H2,1-2H3. The number of rotatable bonds is 14. The summed E-state index contributed by atoms with van der Waals surface area (Å²) in [6, 6.07) is 10.6. The van der Waals surface area contributed by atoms with E-state index in [0.717, 1.165) is 23.1 Å². The molecule has 160 valence electrons. The van der Waals surface area contributed by atoms with Crippen molar-refractivity contribution in [2.75, 3.05) is 13.2 Å². The summed E-state index contributed by atoms with van der Waals surface area (Å²) < 4.78 is 26.4. The van der Waals surface area contributed by atoms with Gasteiger partial charge in [0.2, 0.25) is 0 Å². The Kier molecular flexibility index (Phi) is 11.1. The van der Waals surface area contributed by atoms with Crippen LogP contribution in [0.4, 0.5) is 4.39 Å². The fourth-order valence-electron chi connectivity index (χ4n) is 3.12. The Morgan fingerprint density at radius 3 is 2.38 bits per heavy atom. The van der Waals surface area contributed by atoms with Gasteiger partial charge in [-0.2, -0.15) is 0 Å². The van der Waals surface area contributed by atoms with Crippen molar-refractivity contribution in [1.82, 2.24) is 5.32 Å². The maximum atomic E-state index is 13.8. The van der Waals surface area contributed by atoms with Crippen molar-refractivity contribution in [3.63, 3.8) is 0 Å². The molecular formula is C24H33BrFNO2. The maximum Gasteiger partial charge on any atom is 0.162 e. The zero-order valence-corrected chi connectivity index (χ0v) is 19.2. The van der Waals surface area contributed by atoms with Gasteiger partial charge in [0.15, 0.2) is 11.5 Å². The number of halogens is 2. The van der Waals surface area contributed by atoms with Crippen LogP contribution in [0.25, 0.3) is 0 Å². The van der Waals surface area contributed by atoms with E-state index < -0.39 is 0 Å². The van der Waals surface area contributed by atoms with Gasteiger partial charge in [-0.15, -0.1) is 0 Å². The van der Waals surface area contributed by atoms with Gasteiger partial charge in [0.25, 0.3) is 0 Å². The van der Waals surface area contributed by atoms with E-state index in [9.17, 15) is 4.39 Å². The fraction of sp³-hybridized carbons (Fsp3) is 0.500. The summed E-state index contributed by atoms with van der Waals surface area (Å²) in [6.07, 6.45) is 7.76. The van der Waals surface area contributed by atoms with Crippen LogP contribution in [0.1, 0.15) is 63.5 Å². The predicted molar refractivity (Wildman–Crippen MR) is 121 cm³/mol. The zero-order valence-electron chi connectivity index (χ0n) is 17.6. The van der Waals surface area contributed by atoms with Crippen LogP contribution in [-0.4, -0.2) is 13.2 Å². The van der Waals surface area contributed by atoms with E-state index in [1.54, 1.807) is 18.2 Å². The molecule has 0 radical (unpaired) electrons. The molecule has 0 aliphatic carbocycles. The van der Waals surface area contributed by atoms with Crippen LogP contribution in [-0.2, 0) is 13.2 Å². The van der Waals surface area contributed by atoms with Gasteiger partial charge in [-0.3, -0.25) is 0 Å². The summed E-state index contributed by atoms with van der Waals surface area (Å²) in [4.78, 5) is 0. The lowest BCUT2D eigenvalue weighted by Crippen LogP contribution is -2.15. The third-order valence-electron chi connectivity index (χ3n) is 4.78. The molecule has 29 heavy (non-hydrogen) atoms. The molecule has 0 saturated heterocycles. The molecule has 2 rings (SSSR count). The molecular weight excluding hydrogens is 433 g/mol. The summed E-state index contributed by atoms with van der Waals surface area (Å²) in [5.41, 5.74) is 1.65. The van der Waals surface area contributed by atoms with Gasteiger partial charge < -0.3 is 14.8 Å². The summed E-state index contributed by atoms with van der Waals surface area (Å²) in [7, 11) is 0. The topological polar surface area (TPSA) is 30.5 Å². The highest BCUT2D eigenvalue weighted by molar-refractivity contribution is 9.10. The lowest BCUT2D eigenvalue weighted by molar-refractivity contribution is 0.265. The van der Waals surface area contributed by atoms with Crippen molar-refractivity contribution in [1.29, 1.82) is 0 Å². The smallest absolute Gasteiger partial charge is 0.162 e. The van der Waals surface area contributed by atoms with E-state index in [2.05, 4.69) is 28.2 Å². The van der Waals surface area contributed by atoms with E-state index in [1.165, 1.54) is 44.6 Å². The van der Waals surface area contributed by atoms with Crippen LogP contribution in [0.2, 0.25) is 0 Å². The van der Waals surface area contributed by atoms with E-state index in [-0.39, 0.29) is 12.4 Å². The van der Waals surface area contributed by atoms with Crippen LogP contribution in [0.5, 0.6) is 11.5 Å². The van der Waals surface area contributed by atoms with Gasteiger partial charge in [-0.25, -0.2) is 4.39 Å². The summed E-state index contributed by atoms with van der Waals surface area (Å²) in [5.74, 6) is 1.03. The normalized spacial score (nSPS) is 10.9. The highest BCUT2D eigenvalue weighted by atomic mass is 79.9. The minimum absolute atomic E-state index is 0.162. The monoisotopic (exact) mass is 465 g/mol. The largest absolute Gasteiger partial charge is 0.490 e. The van der Waals surface area contributed by atoms with Gasteiger partial charge in [-0.05, 0) is 43.7 Å². The van der Waals surface area contributed by atoms with E-state index in [0.29, 0.717) is 23.7 Å². The minimum Gasteiger partial charge on any atom is -0.490 e. The number of ether oxygens (including phenoxy) is 2. The Bertz CT molecular complexity index is 739. The first-order valence-corrected chi connectivity index (χ1v) is 11.5. The van der Waals surface area contributed by atoms with E-state index >= 15 is 0 Å². The van der Waals surface area contributed by atoms with E-state index in [1.807, 2.05) is 19.1 Å². The molecule has 0 aromatic heterocycles. The Labute approximate surface area is 183 Å². The lowest BCUT2D eigenvalue weighted by Gasteiger charge is -2.16. The third-order valence-corrected chi connectivity index (χ3v) is 5.51. The van der Waals surface area contributed by atoms with Gasteiger partial charge in [-0.1, -0.05) is 73.2 Å². The SMILES string of the molecule is CCCCCCCCNCc1cc(OCC)c(OCc2ccccc2F)cc1Br. The van der Waals surface area contributed by atoms with Crippen molar-refractivity contribution in [2.45, 2.75) is 65.5 Å². The molecule has 2 aromatic carbocycles. The molecule has 0 spiro atoms. The average Bonchev–Trinajstić information content (AvgIpc) is 2.72. The van der Waals surface area contributed by atoms with Crippen LogP contribution >= 0.6 is 15.9 Å². The first kappa shape index (κ1) is 23.7. The molecule has 0 fully saturated rings. The molecule has 1 N–H and O–H groups in total. The van der Waals surface area contributed by atoms with Crippen molar-refractivity contribution >= 4 is 15.9 Å². The summed E-state index contributed by atoms with van der Waals surface area (Å²) >= 11 is 3.63. The van der Waals surface area contributed by atoms with Crippen molar-refractivity contribution in [2.24, 2.45) is 0 Å². The molecule has 5 heteroatoms. The Hall–Kier alpha value is -1.59. The van der Waals surface area contributed by atoms with Gasteiger partial charge >= 0.3 is 0 Å². The highest BCUT2D eigenvalue weighted by Crippen LogP contribution is 2.34. The molecule has 0 bridgehead atoms. The Balaban J connectivity index is 1.90. The van der Waals surface area contributed by atoms with Crippen LogP contribution in [0.3, 0.4) is 0 Å². The fourth-order valence-corrected chi connectivity index (χ4v) is 3.58. The Morgan fingerprint density at radius 1 is 0.897 bits per heavy atom. The van der Waals surface area contributed by atoms with Crippen molar-refractivity contribution in [3.05, 3.63) is 57.8 Å². The van der Waals surface area contributed by atoms with Gasteiger partial charge in [0, 0.05) is 16.6 Å². The third kappa shape index (κ3) is 8.35. The molecule has 0 unspecified atom stereocenters. The summed E-state index contributed by atoms with van der Waals surface area (Å²) in [6.45, 7) is 6.67. The summed E-state index contributed by atoms with van der Waals surface area (Å²) in [5, 5.41) is 3.51. The van der Waals surface area contributed by atoms with Crippen molar-refractivity contribution in [3.8, 4) is 11.5 Å². The molecule has 0 aliphatic rings. The van der Waals surface area contributed by atoms with Crippen molar-refractivity contribution < 1.29 is 13.9 Å². The van der Waals surface area contributed by atoms with Crippen LogP contribution in [0.15, 0.2) is 40.9 Å². The van der Waals surface area contributed by atoms with Gasteiger partial charge in [0.1, 0.15) is 12.4 Å². The highest BCUT2D eigenvalue weighted by Gasteiger charge is 2.12. The first-order valence-electron chi connectivity index (χ1n) is 10.7. The van der Waals surface area contributed by atoms with Gasteiger partial charge in [0.05, 0.1) is 6.61 Å². The molecule has 0 saturated carbocycles. The minimum atomic E-state index is -0.264. The number of hydrogen-bond donors (Lipinski definition) is 1. The number of hydrogen-bond acceptors (Lipinski definition) is 3. The van der Waals surface area contributed by atoms with E-state index in [4.69, 9.17) is 9.47 Å². The molecule has 3 nitrogen and oxygen atoms in total. The second kappa shape index (κ2) is 13.6. The Morgan fingerprint density at radius 2 is 1.62 bits per heavy atom. The zero-order chi connectivity index (χ0) is 20.9. The predicted octanol–water partition coefficient (Wildman–Crippen LogP) is 7.02. The average molecular weight is 466 g/mol. The number of nitrogens with one attached hydrogen (secondary N) is 1. The molecule has 0 heterocycles. The second-order valence-electron chi connectivity index (χ2n) is 7.15. The quantitative estimate of drug-likeness (QED) is 0.304. The van der Waals surface area contributed by atoms with Crippen LogP contribution in [0, 0.1) is 5.82 Å². The molecule has 0 atom stereocenters. The molecule has 0 aliphatic heterocycles. The first-order chi connectivity index (χ1) is 14.2. The number of unbranched alkanes of at least 4 members (excludes halogenated alkanes) is 5. The second-order valence-corrected chi connectivity index (χ2v) is 8.00. The molecule has 0 amide bonds. The maximum absolute atomic E-state index is 13.8. The lowest BCUT2D eigenvalue weighted by atomic mass is 10.1. The number of benzene rings is 2. The molecule has 2 aromatic rings.